The van der Waals surface area contributed by atoms with Gasteiger partial charge in [-0.05, 0) is 67.1 Å². The van der Waals surface area contributed by atoms with Gasteiger partial charge >= 0.3 is 0 Å². The fourth-order valence-corrected chi connectivity index (χ4v) is 4.14. The van der Waals surface area contributed by atoms with Gasteiger partial charge in [0.2, 0.25) is 0 Å². The Kier molecular flexibility index (Phi) is 6.04. The van der Waals surface area contributed by atoms with Crippen molar-refractivity contribution in [2.75, 3.05) is 5.32 Å². The van der Waals surface area contributed by atoms with Crippen molar-refractivity contribution in [3.05, 3.63) is 88.9 Å². The fourth-order valence-electron chi connectivity index (χ4n) is 4.14. The largest absolute Gasteiger partial charge is 0.377 e. The van der Waals surface area contributed by atoms with Crippen LogP contribution in [0.2, 0.25) is 0 Å². The third-order valence-corrected chi connectivity index (χ3v) is 6.17. The van der Waals surface area contributed by atoms with Crippen LogP contribution in [0.3, 0.4) is 0 Å². The molecule has 0 bridgehead atoms. The second kappa shape index (κ2) is 8.69. The lowest BCUT2D eigenvalue weighted by atomic mass is 9.85. The Morgan fingerprint density at radius 2 is 1.65 bits per heavy atom. The molecule has 4 aromatic rings. The fraction of sp³-hybridized carbons (Fsp3) is 0.321. The molecule has 2 N–H and O–H groups in total. The molecule has 34 heavy (non-hydrogen) atoms. The molecule has 176 valence electrons. The Morgan fingerprint density at radius 1 is 0.971 bits per heavy atom. The molecule has 0 aliphatic carbocycles. The van der Waals surface area contributed by atoms with Crippen molar-refractivity contribution in [3.8, 4) is 0 Å². The van der Waals surface area contributed by atoms with Crippen molar-refractivity contribution in [2.24, 2.45) is 0 Å². The Balaban J connectivity index is 1.71. The Bertz CT molecular complexity index is 1350. The number of carbonyl (C=O) groups is 1. The summed E-state index contributed by atoms with van der Waals surface area (Å²) >= 11 is 0. The van der Waals surface area contributed by atoms with E-state index >= 15 is 0 Å². The highest BCUT2D eigenvalue weighted by Gasteiger charge is 2.32. The lowest BCUT2D eigenvalue weighted by Gasteiger charge is -2.26. The number of hydrogen-bond donors (Lipinski definition) is 2. The zero-order valence-electron chi connectivity index (χ0n) is 20.7. The van der Waals surface area contributed by atoms with E-state index in [4.69, 9.17) is 4.98 Å². The minimum Gasteiger partial charge on any atom is -0.377 e. The molecule has 0 aliphatic heterocycles. The van der Waals surface area contributed by atoms with Crippen LogP contribution in [0.15, 0.2) is 60.7 Å². The van der Waals surface area contributed by atoms with E-state index in [1.807, 2.05) is 54.8 Å². The van der Waals surface area contributed by atoms with Gasteiger partial charge in [-0.1, -0.05) is 57.2 Å². The van der Waals surface area contributed by atoms with Gasteiger partial charge in [-0.3, -0.25) is 4.79 Å². The first kappa shape index (κ1) is 23.6. The molecule has 6 heteroatoms. The van der Waals surface area contributed by atoms with Crippen molar-refractivity contribution in [1.82, 2.24) is 14.5 Å². The molecule has 6 nitrogen and oxygen atoms in total. The summed E-state index contributed by atoms with van der Waals surface area (Å²) < 4.78 is 1.87. The molecule has 0 radical (unpaired) electrons. The number of rotatable bonds is 5. The number of hydrogen-bond acceptors (Lipinski definition) is 4. The van der Waals surface area contributed by atoms with Crippen LogP contribution in [0, 0.1) is 6.92 Å². The second-order valence-electron chi connectivity index (χ2n) is 9.94. The van der Waals surface area contributed by atoms with Crippen LogP contribution in [0.1, 0.15) is 67.6 Å². The van der Waals surface area contributed by atoms with Crippen molar-refractivity contribution in [2.45, 2.75) is 59.1 Å². The molecule has 0 saturated carbocycles. The summed E-state index contributed by atoms with van der Waals surface area (Å²) in [5.41, 5.74) is 3.94. The van der Waals surface area contributed by atoms with E-state index in [1.54, 1.807) is 19.1 Å². The summed E-state index contributed by atoms with van der Waals surface area (Å²) in [6.45, 7) is 12.7. The lowest BCUT2D eigenvalue weighted by Crippen LogP contribution is -2.28. The van der Waals surface area contributed by atoms with Gasteiger partial charge in [0, 0.05) is 12.2 Å². The third-order valence-electron chi connectivity index (χ3n) is 6.17. The number of amides is 1. The topological polar surface area (TPSA) is 80.0 Å². The second-order valence-corrected chi connectivity index (χ2v) is 9.94. The molecule has 0 fully saturated rings. The number of nitrogens with zero attached hydrogens (tertiary/aromatic N) is 3. The molecular weight excluding hydrogens is 424 g/mol. The van der Waals surface area contributed by atoms with E-state index in [1.165, 1.54) is 5.56 Å². The van der Waals surface area contributed by atoms with E-state index in [9.17, 15) is 9.90 Å². The maximum atomic E-state index is 12.9. The van der Waals surface area contributed by atoms with E-state index in [2.05, 4.69) is 43.2 Å². The summed E-state index contributed by atoms with van der Waals surface area (Å²) in [5.74, 6) is 0.208. The van der Waals surface area contributed by atoms with Crippen molar-refractivity contribution >= 4 is 22.8 Å². The molecule has 2 aromatic carbocycles. The highest BCUT2D eigenvalue weighted by atomic mass is 16.3. The Hall–Kier alpha value is -3.51. The first-order valence-corrected chi connectivity index (χ1v) is 11.6. The number of imidazole rings is 1. The summed E-state index contributed by atoms with van der Waals surface area (Å²) in [4.78, 5) is 22.2. The quantitative estimate of drug-likeness (QED) is 0.412. The lowest BCUT2D eigenvalue weighted by molar-refractivity contribution is 0.0886. The number of pyridine rings is 1. The molecule has 0 saturated heterocycles. The van der Waals surface area contributed by atoms with E-state index in [-0.39, 0.29) is 11.3 Å². The number of benzene rings is 2. The standard InChI is InChI=1S/C28H32N4O2/c1-7-32-24-22(15-16-23(30-24)25(33)29-21-10-8-9-18(2)17-21)31-26(32)28(6,34)20-13-11-19(12-14-20)27(3,4)5/h8-17,34H,7H2,1-6H3,(H,29,33). The zero-order valence-corrected chi connectivity index (χ0v) is 20.7. The van der Waals surface area contributed by atoms with E-state index in [0.29, 0.717) is 29.2 Å². The van der Waals surface area contributed by atoms with Crippen LogP contribution in [0.25, 0.3) is 11.2 Å². The van der Waals surface area contributed by atoms with Gasteiger partial charge < -0.3 is 15.0 Å². The first-order valence-electron chi connectivity index (χ1n) is 11.6. The molecular formula is C28H32N4O2. The smallest absolute Gasteiger partial charge is 0.274 e. The van der Waals surface area contributed by atoms with Crippen molar-refractivity contribution < 1.29 is 9.90 Å². The number of nitrogens with one attached hydrogen (secondary N) is 1. The number of anilines is 1. The summed E-state index contributed by atoms with van der Waals surface area (Å²) in [6, 6.07) is 19.1. The predicted molar refractivity (Wildman–Crippen MR) is 136 cm³/mol. The van der Waals surface area contributed by atoms with Gasteiger partial charge in [-0.2, -0.15) is 0 Å². The van der Waals surface area contributed by atoms with Crippen LogP contribution in [-0.2, 0) is 17.6 Å². The van der Waals surface area contributed by atoms with Gasteiger partial charge in [-0.25, -0.2) is 9.97 Å². The molecule has 4 rings (SSSR count). The summed E-state index contributed by atoms with van der Waals surface area (Å²) in [5, 5.41) is 14.5. The highest BCUT2D eigenvalue weighted by Crippen LogP contribution is 2.32. The maximum Gasteiger partial charge on any atom is 0.274 e. The van der Waals surface area contributed by atoms with Crippen LogP contribution in [-0.4, -0.2) is 25.5 Å². The van der Waals surface area contributed by atoms with Gasteiger partial charge in [0.25, 0.3) is 5.91 Å². The van der Waals surface area contributed by atoms with Gasteiger partial charge in [0.1, 0.15) is 22.6 Å². The molecule has 1 unspecified atom stereocenters. The van der Waals surface area contributed by atoms with Gasteiger partial charge in [0.15, 0.2) is 5.65 Å². The number of carbonyl (C=O) groups excluding carboxylic acids is 1. The van der Waals surface area contributed by atoms with Crippen molar-refractivity contribution in [1.29, 1.82) is 0 Å². The first-order chi connectivity index (χ1) is 16.0. The zero-order chi connectivity index (χ0) is 24.7. The number of aliphatic hydroxyl groups is 1. The van der Waals surface area contributed by atoms with Crippen molar-refractivity contribution in [3.63, 3.8) is 0 Å². The molecule has 0 spiro atoms. The minimum atomic E-state index is -1.32. The van der Waals surface area contributed by atoms with Gasteiger partial charge in [0.05, 0.1) is 0 Å². The van der Waals surface area contributed by atoms with E-state index < -0.39 is 5.60 Å². The Labute approximate surface area is 200 Å². The van der Waals surface area contributed by atoms with Crippen LogP contribution in [0.5, 0.6) is 0 Å². The maximum absolute atomic E-state index is 12.9. The van der Waals surface area contributed by atoms with Crippen LogP contribution in [0.4, 0.5) is 5.69 Å². The van der Waals surface area contributed by atoms with Gasteiger partial charge in [-0.15, -0.1) is 0 Å². The molecule has 2 aromatic heterocycles. The number of aryl methyl sites for hydroxylation is 2. The summed E-state index contributed by atoms with van der Waals surface area (Å²) in [6.07, 6.45) is 0. The minimum absolute atomic E-state index is 0.0281. The number of fused-ring (bicyclic) bond motifs is 1. The van der Waals surface area contributed by atoms with E-state index in [0.717, 1.165) is 16.8 Å². The highest BCUT2D eigenvalue weighted by molar-refractivity contribution is 6.03. The molecule has 1 atom stereocenters. The third kappa shape index (κ3) is 4.46. The van der Waals surface area contributed by atoms with Crippen LogP contribution >= 0.6 is 0 Å². The molecule has 2 heterocycles. The summed E-state index contributed by atoms with van der Waals surface area (Å²) in [7, 11) is 0. The predicted octanol–water partition coefficient (Wildman–Crippen LogP) is 5.57. The number of aromatic nitrogens is 3. The molecule has 0 aliphatic rings. The average molecular weight is 457 g/mol. The normalized spacial score (nSPS) is 13.6. The molecule has 1 amide bonds. The average Bonchev–Trinajstić information content (AvgIpc) is 3.17. The monoisotopic (exact) mass is 456 g/mol. The van der Waals surface area contributed by atoms with Crippen LogP contribution < -0.4 is 5.32 Å². The SMILES string of the molecule is CCn1c(C(C)(O)c2ccc(C(C)(C)C)cc2)nc2ccc(C(=O)Nc3cccc(C)c3)nc21. The Morgan fingerprint density at radius 3 is 2.26 bits per heavy atom.